The number of rotatable bonds is 6. The Kier molecular flexibility index (Phi) is 5.19. The van der Waals surface area contributed by atoms with E-state index in [0.29, 0.717) is 36.5 Å². The first-order valence-electron chi connectivity index (χ1n) is 11.4. The Bertz CT molecular complexity index is 773. The van der Waals surface area contributed by atoms with Crippen LogP contribution in [0.25, 0.3) is 0 Å². The van der Waals surface area contributed by atoms with Crippen molar-refractivity contribution in [1.29, 1.82) is 0 Å². The van der Waals surface area contributed by atoms with E-state index in [2.05, 4.69) is 0 Å². The van der Waals surface area contributed by atoms with Crippen LogP contribution in [0.4, 0.5) is 4.39 Å². The Morgan fingerprint density at radius 3 is 2.27 bits per heavy atom. The Labute approximate surface area is 176 Å². The summed E-state index contributed by atoms with van der Waals surface area (Å²) in [6.45, 7) is 0.978. The second-order valence-corrected chi connectivity index (χ2v) is 9.82. The van der Waals surface area contributed by atoms with E-state index >= 15 is 0 Å². The fourth-order valence-electron chi connectivity index (χ4n) is 6.86. The van der Waals surface area contributed by atoms with Crippen molar-refractivity contribution in [2.45, 2.75) is 57.4 Å². The first kappa shape index (κ1) is 19.8. The number of nitrogens with zero attached hydrogens (tertiary/aromatic N) is 1. The van der Waals surface area contributed by atoms with E-state index in [4.69, 9.17) is 9.47 Å². The average Bonchev–Trinajstić information content (AvgIpc) is 3.20. The molecule has 4 bridgehead atoms. The van der Waals surface area contributed by atoms with Crippen LogP contribution in [0.3, 0.4) is 0 Å². The molecule has 6 rings (SSSR count). The molecule has 1 heterocycles. The zero-order valence-corrected chi connectivity index (χ0v) is 17.4. The average molecular weight is 416 g/mol. The predicted molar refractivity (Wildman–Crippen MR) is 108 cm³/mol. The zero-order chi connectivity index (χ0) is 20.7. The SMILES string of the molecule is O=C(OCCOc1ccc(F)cc1)[C@@H]1CCCN1C(=O)C12CC3CC(CC(C3)C1)C2. The number of esters is 1. The van der Waals surface area contributed by atoms with Crippen LogP contribution in [0.15, 0.2) is 24.3 Å². The first-order chi connectivity index (χ1) is 14.5. The minimum atomic E-state index is -0.462. The monoisotopic (exact) mass is 415 g/mol. The highest BCUT2D eigenvalue weighted by Crippen LogP contribution is 2.60. The summed E-state index contributed by atoms with van der Waals surface area (Å²) >= 11 is 0. The molecule has 4 saturated carbocycles. The van der Waals surface area contributed by atoms with Crippen LogP contribution in [0.2, 0.25) is 0 Å². The second kappa shape index (κ2) is 7.86. The largest absolute Gasteiger partial charge is 0.490 e. The Hall–Kier alpha value is -2.11. The maximum absolute atomic E-state index is 13.6. The van der Waals surface area contributed by atoms with Crippen molar-refractivity contribution in [3.05, 3.63) is 30.1 Å². The topological polar surface area (TPSA) is 55.8 Å². The molecule has 1 amide bonds. The molecule has 0 unspecified atom stereocenters. The summed E-state index contributed by atoms with van der Waals surface area (Å²) in [5, 5.41) is 0. The third-order valence-electron chi connectivity index (χ3n) is 7.69. The van der Waals surface area contributed by atoms with E-state index < -0.39 is 6.04 Å². The smallest absolute Gasteiger partial charge is 0.328 e. The molecule has 5 aliphatic rings. The molecule has 162 valence electrons. The van der Waals surface area contributed by atoms with Crippen molar-refractivity contribution < 1.29 is 23.5 Å². The molecule has 6 heteroatoms. The molecule has 0 radical (unpaired) electrons. The molecule has 5 fully saturated rings. The van der Waals surface area contributed by atoms with Gasteiger partial charge in [-0.25, -0.2) is 9.18 Å². The minimum Gasteiger partial charge on any atom is -0.490 e. The van der Waals surface area contributed by atoms with Gasteiger partial charge < -0.3 is 14.4 Å². The van der Waals surface area contributed by atoms with Gasteiger partial charge in [-0.15, -0.1) is 0 Å². The molecule has 5 nitrogen and oxygen atoms in total. The minimum absolute atomic E-state index is 0.117. The number of hydrogen-bond acceptors (Lipinski definition) is 4. The summed E-state index contributed by atoms with van der Waals surface area (Å²) in [7, 11) is 0. The molecule has 1 saturated heterocycles. The van der Waals surface area contributed by atoms with E-state index in [-0.39, 0.29) is 36.3 Å². The number of ether oxygens (including phenoxy) is 2. The van der Waals surface area contributed by atoms with Gasteiger partial charge in [-0.3, -0.25) is 4.79 Å². The van der Waals surface area contributed by atoms with Crippen molar-refractivity contribution in [1.82, 2.24) is 4.90 Å². The van der Waals surface area contributed by atoms with Crippen molar-refractivity contribution in [3.63, 3.8) is 0 Å². The predicted octanol–water partition coefficient (Wildman–Crippen LogP) is 3.96. The second-order valence-electron chi connectivity index (χ2n) is 9.82. The van der Waals surface area contributed by atoms with Gasteiger partial charge in [0.05, 0.1) is 5.41 Å². The van der Waals surface area contributed by atoms with E-state index in [1.807, 2.05) is 4.90 Å². The highest BCUT2D eigenvalue weighted by molar-refractivity contribution is 5.89. The van der Waals surface area contributed by atoms with Crippen LogP contribution in [-0.2, 0) is 14.3 Å². The van der Waals surface area contributed by atoms with Gasteiger partial charge in [-0.2, -0.15) is 0 Å². The molecule has 1 aliphatic heterocycles. The normalized spacial score (nSPS) is 34.2. The van der Waals surface area contributed by atoms with Crippen LogP contribution in [0, 0.1) is 29.0 Å². The highest BCUT2D eigenvalue weighted by atomic mass is 19.1. The summed E-state index contributed by atoms with van der Waals surface area (Å²) in [6.07, 6.45) is 8.47. The van der Waals surface area contributed by atoms with E-state index in [9.17, 15) is 14.0 Å². The summed E-state index contributed by atoms with van der Waals surface area (Å²) in [6, 6.07) is 5.28. The first-order valence-corrected chi connectivity index (χ1v) is 11.4. The van der Waals surface area contributed by atoms with Gasteiger partial charge in [-0.1, -0.05) is 0 Å². The number of carbonyl (C=O) groups excluding carboxylic acids is 2. The molecular formula is C24H30FNO4. The molecular weight excluding hydrogens is 385 g/mol. The molecule has 4 aliphatic carbocycles. The molecule has 0 aromatic heterocycles. The number of likely N-dealkylation sites (tertiary alicyclic amines) is 1. The maximum atomic E-state index is 13.6. The zero-order valence-electron chi connectivity index (χ0n) is 17.4. The highest BCUT2D eigenvalue weighted by Gasteiger charge is 2.56. The van der Waals surface area contributed by atoms with E-state index in [0.717, 1.165) is 25.7 Å². The van der Waals surface area contributed by atoms with Crippen molar-refractivity contribution in [3.8, 4) is 5.75 Å². The van der Waals surface area contributed by atoms with Crippen molar-refractivity contribution >= 4 is 11.9 Å². The fourth-order valence-corrected chi connectivity index (χ4v) is 6.86. The summed E-state index contributed by atoms with van der Waals surface area (Å²) in [5.41, 5.74) is -0.219. The molecule has 0 spiro atoms. The van der Waals surface area contributed by atoms with Gasteiger partial charge in [-0.05, 0) is 93.4 Å². The Morgan fingerprint density at radius 2 is 1.63 bits per heavy atom. The lowest BCUT2D eigenvalue weighted by Gasteiger charge is -2.56. The number of benzene rings is 1. The van der Waals surface area contributed by atoms with Crippen LogP contribution >= 0.6 is 0 Å². The van der Waals surface area contributed by atoms with Gasteiger partial charge in [0, 0.05) is 6.54 Å². The van der Waals surface area contributed by atoms with Crippen LogP contribution in [0.5, 0.6) is 5.75 Å². The third-order valence-corrected chi connectivity index (χ3v) is 7.69. The number of halogens is 1. The fraction of sp³-hybridized carbons (Fsp3) is 0.667. The summed E-state index contributed by atoms with van der Waals surface area (Å²) in [5.74, 6) is 2.22. The van der Waals surface area contributed by atoms with E-state index in [1.54, 1.807) is 12.1 Å². The van der Waals surface area contributed by atoms with Gasteiger partial charge in [0.1, 0.15) is 30.8 Å². The molecule has 30 heavy (non-hydrogen) atoms. The molecule has 0 N–H and O–H groups in total. The third kappa shape index (κ3) is 3.69. The van der Waals surface area contributed by atoms with Crippen LogP contribution < -0.4 is 4.74 Å². The lowest BCUT2D eigenvalue weighted by Crippen LogP contribution is -2.56. The van der Waals surface area contributed by atoms with Gasteiger partial charge >= 0.3 is 5.97 Å². The van der Waals surface area contributed by atoms with Crippen LogP contribution in [-0.4, -0.2) is 42.6 Å². The van der Waals surface area contributed by atoms with Crippen LogP contribution in [0.1, 0.15) is 51.4 Å². The molecule has 1 aromatic carbocycles. The molecule has 1 atom stereocenters. The quantitative estimate of drug-likeness (QED) is 0.521. The number of amides is 1. The lowest BCUT2D eigenvalue weighted by molar-refractivity contribution is -0.165. The lowest BCUT2D eigenvalue weighted by atomic mass is 9.49. The van der Waals surface area contributed by atoms with Gasteiger partial charge in [0.25, 0.3) is 0 Å². The number of hydrogen-bond donors (Lipinski definition) is 0. The van der Waals surface area contributed by atoms with Gasteiger partial charge in [0.2, 0.25) is 5.91 Å². The van der Waals surface area contributed by atoms with E-state index in [1.165, 1.54) is 31.4 Å². The van der Waals surface area contributed by atoms with Crippen molar-refractivity contribution in [2.75, 3.05) is 19.8 Å². The van der Waals surface area contributed by atoms with Crippen molar-refractivity contribution in [2.24, 2.45) is 23.2 Å². The van der Waals surface area contributed by atoms with Gasteiger partial charge in [0.15, 0.2) is 0 Å². The standard InChI is InChI=1S/C24H30FNO4/c25-19-3-5-20(6-4-19)29-8-9-30-22(27)21-2-1-7-26(21)23(28)24-13-16-10-17(14-24)12-18(11-16)15-24/h3-6,16-18,21H,1-2,7-15H2/t16?,17?,18?,21-,24?/m0/s1. The molecule has 1 aromatic rings. The Morgan fingerprint density at radius 1 is 1.00 bits per heavy atom. The summed E-state index contributed by atoms with van der Waals surface area (Å²) in [4.78, 5) is 28.2. The Balaban J connectivity index is 1.16. The summed E-state index contributed by atoms with van der Waals surface area (Å²) < 4.78 is 23.9. The maximum Gasteiger partial charge on any atom is 0.328 e. The number of carbonyl (C=O) groups is 2.